The van der Waals surface area contributed by atoms with Gasteiger partial charge in [0.2, 0.25) is 5.91 Å². The van der Waals surface area contributed by atoms with Crippen molar-refractivity contribution in [3.8, 4) is 0 Å². The van der Waals surface area contributed by atoms with Gasteiger partial charge >= 0.3 is 0 Å². The van der Waals surface area contributed by atoms with Crippen LogP contribution in [0.5, 0.6) is 0 Å². The average Bonchev–Trinajstić information content (AvgIpc) is 2.62. The van der Waals surface area contributed by atoms with E-state index in [0.29, 0.717) is 6.04 Å². The number of halogens is 1. The molecule has 0 aromatic carbocycles. The summed E-state index contributed by atoms with van der Waals surface area (Å²) in [5, 5.41) is 6.60. The maximum Gasteiger partial charge on any atom is 0.225 e. The summed E-state index contributed by atoms with van der Waals surface area (Å²) in [6.45, 7) is 7.71. The Morgan fingerprint density at radius 3 is 2.21 bits per heavy atom. The average molecular weight is 291 g/mol. The summed E-state index contributed by atoms with van der Waals surface area (Å²) >= 11 is 0. The Hall–Kier alpha value is -0.280. The van der Waals surface area contributed by atoms with Gasteiger partial charge in [-0.15, -0.1) is 12.4 Å². The SMILES string of the molecule is CCC(C)(C)C(=O)NCCNC1CCCCCC1.Cl. The molecule has 114 valence electrons. The molecule has 1 saturated carbocycles. The lowest BCUT2D eigenvalue weighted by Crippen LogP contribution is -2.41. The van der Waals surface area contributed by atoms with Gasteiger partial charge < -0.3 is 10.6 Å². The fraction of sp³-hybridized carbons (Fsp3) is 0.933. The molecular formula is C15H31ClN2O. The Labute approximate surface area is 124 Å². The van der Waals surface area contributed by atoms with E-state index in [4.69, 9.17) is 0 Å². The Bertz CT molecular complexity index is 249. The molecule has 0 aliphatic heterocycles. The molecule has 0 spiro atoms. The molecule has 0 heterocycles. The first-order valence-electron chi connectivity index (χ1n) is 7.58. The first-order valence-corrected chi connectivity index (χ1v) is 7.58. The van der Waals surface area contributed by atoms with Crippen molar-refractivity contribution in [3.05, 3.63) is 0 Å². The fourth-order valence-corrected chi connectivity index (χ4v) is 2.34. The Morgan fingerprint density at radius 1 is 1.11 bits per heavy atom. The Morgan fingerprint density at radius 2 is 1.68 bits per heavy atom. The van der Waals surface area contributed by atoms with Crippen molar-refractivity contribution >= 4 is 18.3 Å². The van der Waals surface area contributed by atoms with Crippen LogP contribution < -0.4 is 10.6 Å². The zero-order valence-corrected chi connectivity index (χ0v) is 13.6. The number of amides is 1. The van der Waals surface area contributed by atoms with Crippen molar-refractivity contribution in [1.29, 1.82) is 0 Å². The molecule has 0 bridgehead atoms. The lowest BCUT2D eigenvalue weighted by Gasteiger charge is -2.22. The van der Waals surface area contributed by atoms with Crippen LogP contribution in [0.25, 0.3) is 0 Å². The summed E-state index contributed by atoms with van der Waals surface area (Å²) in [6, 6.07) is 0.670. The third-order valence-electron chi connectivity index (χ3n) is 4.20. The molecule has 1 aliphatic rings. The van der Waals surface area contributed by atoms with Gasteiger partial charge in [-0.1, -0.05) is 46.5 Å². The number of carbonyl (C=O) groups is 1. The quantitative estimate of drug-likeness (QED) is 0.582. The standard InChI is InChI=1S/C15H30N2O.ClH/c1-4-15(2,3)14(18)17-12-11-16-13-9-7-5-6-8-10-13;/h13,16H,4-12H2,1-3H3,(H,17,18);1H. The predicted octanol–water partition coefficient (Wildman–Crippen LogP) is 3.27. The van der Waals surface area contributed by atoms with Crippen molar-refractivity contribution in [2.75, 3.05) is 13.1 Å². The van der Waals surface area contributed by atoms with E-state index in [1.54, 1.807) is 0 Å². The van der Waals surface area contributed by atoms with Crippen LogP contribution >= 0.6 is 12.4 Å². The molecule has 0 saturated heterocycles. The Kier molecular flexibility index (Phi) is 9.46. The number of hydrogen-bond acceptors (Lipinski definition) is 2. The molecular weight excluding hydrogens is 260 g/mol. The molecule has 19 heavy (non-hydrogen) atoms. The highest BCUT2D eigenvalue weighted by atomic mass is 35.5. The van der Waals surface area contributed by atoms with Gasteiger partial charge in [0.25, 0.3) is 0 Å². The first kappa shape index (κ1) is 18.7. The number of nitrogens with one attached hydrogen (secondary N) is 2. The Balaban J connectivity index is 0.00000324. The minimum atomic E-state index is -0.234. The molecule has 1 rings (SSSR count). The van der Waals surface area contributed by atoms with Crippen LogP contribution in [0.2, 0.25) is 0 Å². The van der Waals surface area contributed by atoms with Crippen molar-refractivity contribution in [2.24, 2.45) is 5.41 Å². The predicted molar refractivity (Wildman–Crippen MR) is 83.8 cm³/mol. The molecule has 0 unspecified atom stereocenters. The van der Waals surface area contributed by atoms with Crippen molar-refractivity contribution in [1.82, 2.24) is 10.6 Å². The number of rotatable bonds is 6. The van der Waals surface area contributed by atoms with Crippen LogP contribution in [0.3, 0.4) is 0 Å². The summed E-state index contributed by atoms with van der Waals surface area (Å²) in [4.78, 5) is 11.9. The van der Waals surface area contributed by atoms with E-state index >= 15 is 0 Å². The largest absolute Gasteiger partial charge is 0.354 e. The molecule has 4 heteroatoms. The normalized spacial score (nSPS) is 17.4. The van der Waals surface area contributed by atoms with Gasteiger partial charge in [-0.2, -0.15) is 0 Å². The van der Waals surface area contributed by atoms with Crippen LogP contribution in [0.4, 0.5) is 0 Å². The highest BCUT2D eigenvalue weighted by Crippen LogP contribution is 2.19. The van der Waals surface area contributed by atoms with Gasteiger partial charge in [0, 0.05) is 24.5 Å². The third-order valence-corrected chi connectivity index (χ3v) is 4.20. The van der Waals surface area contributed by atoms with E-state index in [1.807, 2.05) is 13.8 Å². The topological polar surface area (TPSA) is 41.1 Å². The third kappa shape index (κ3) is 7.17. The van der Waals surface area contributed by atoms with Gasteiger partial charge in [-0.05, 0) is 19.3 Å². The minimum absolute atomic E-state index is 0. The van der Waals surface area contributed by atoms with Crippen LogP contribution in [0.1, 0.15) is 65.7 Å². The summed E-state index contributed by atoms with van der Waals surface area (Å²) < 4.78 is 0. The molecule has 1 fully saturated rings. The summed E-state index contributed by atoms with van der Waals surface area (Å²) in [6.07, 6.45) is 8.97. The molecule has 0 radical (unpaired) electrons. The van der Waals surface area contributed by atoms with Crippen molar-refractivity contribution in [2.45, 2.75) is 71.8 Å². The zero-order chi connectivity index (χ0) is 13.4. The van der Waals surface area contributed by atoms with E-state index in [2.05, 4.69) is 17.6 Å². The molecule has 0 aromatic heterocycles. The van der Waals surface area contributed by atoms with Gasteiger partial charge in [0.1, 0.15) is 0 Å². The number of hydrogen-bond donors (Lipinski definition) is 2. The van der Waals surface area contributed by atoms with Gasteiger partial charge in [-0.25, -0.2) is 0 Å². The van der Waals surface area contributed by atoms with E-state index in [-0.39, 0.29) is 23.7 Å². The second-order valence-electron chi connectivity index (χ2n) is 6.14. The summed E-state index contributed by atoms with van der Waals surface area (Å²) in [5.74, 6) is 0.174. The highest BCUT2D eigenvalue weighted by molar-refractivity contribution is 5.85. The lowest BCUT2D eigenvalue weighted by molar-refractivity contribution is -0.129. The molecule has 3 nitrogen and oxygen atoms in total. The summed E-state index contributed by atoms with van der Waals surface area (Å²) in [5.41, 5.74) is -0.234. The first-order chi connectivity index (χ1) is 8.56. The molecule has 2 N–H and O–H groups in total. The second kappa shape index (κ2) is 9.60. The van der Waals surface area contributed by atoms with Gasteiger partial charge in [0.05, 0.1) is 0 Å². The van der Waals surface area contributed by atoms with Crippen LogP contribution in [0, 0.1) is 5.41 Å². The molecule has 1 amide bonds. The fourth-order valence-electron chi connectivity index (χ4n) is 2.34. The maximum atomic E-state index is 11.9. The molecule has 0 atom stereocenters. The maximum absolute atomic E-state index is 11.9. The zero-order valence-electron chi connectivity index (χ0n) is 12.8. The van der Waals surface area contributed by atoms with Crippen LogP contribution in [0.15, 0.2) is 0 Å². The molecule has 0 aromatic rings. The van der Waals surface area contributed by atoms with E-state index < -0.39 is 0 Å². The smallest absolute Gasteiger partial charge is 0.225 e. The van der Waals surface area contributed by atoms with Crippen LogP contribution in [-0.4, -0.2) is 25.0 Å². The van der Waals surface area contributed by atoms with Crippen LogP contribution in [-0.2, 0) is 4.79 Å². The molecule has 1 aliphatic carbocycles. The minimum Gasteiger partial charge on any atom is -0.354 e. The van der Waals surface area contributed by atoms with Gasteiger partial charge in [-0.3, -0.25) is 4.79 Å². The van der Waals surface area contributed by atoms with Gasteiger partial charge in [0.15, 0.2) is 0 Å². The van der Waals surface area contributed by atoms with Crippen molar-refractivity contribution in [3.63, 3.8) is 0 Å². The highest BCUT2D eigenvalue weighted by Gasteiger charge is 2.24. The lowest BCUT2D eigenvalue weighted by atomic mass is 9.89. The van der Waals surface area contributed by atoms with E-state index in [9.17, 15) is 4.79 Å². The van der Waals surface area contributed by atoms with E-state index in [0.717, 1.165) is 19.5 Å². The summed E-state index contributed by atoms with van der Waals surface area (Å²) in [7, 11) is 0. The monoisotopic (exact) mass is 290 g/mol. The second-order valence-corrected chi connectivity index (χ2v) is 6.14. The van der Waals surface area contributed by atoms with E-state index in [1.165, 1.54) is 38.5 Å². The van der Waals surface area contributed by atoms with Crippen molar-refractivity contribution < 1.29 is 4.79 Å². The number of carbonyl (C=O) groups excluding carboxylic acids is 1.